The molecule has 0 aromatic heterocycles. The van der Waals surface area contributed by atoms with Crippen molar-refractivity contribution in [2.24, 2.45) is 5.92 Å². The van der Waals surface area contributed by atoms with Gasteiger partial charge >= 0.3 is 0 Å². The number of rotatable bonds is 8. The zero-order valence-corrected chi connectivity index (χ0v) is 9.73. The van der Waals surface area contributed by atoms with Gasteiger partial charge in [-0.15, -0.1) is 0 Å². The second kappa shape index (κ2) is 9.00. The first-order chi connectivity index (χ1) is 6.66. The van der Waals surface area contributed by atoms with E-state index >= 15 is 0 Å². The molecule has 0 bridgehead atoms. The van der Waals surface area contributed by atoms with E-state index in [4.69, 9.17) is 0 Å². The zero-order valence-electron chi connectivity index (χ0n) is 9.73. The summed E-state index contributed by atoms with van der Waals surface area (Å²) in [7, 11) is 0. The Hall–Kier alpha value is -0.570. The van der Waals surface area contributed by atoms with E-state index in [0.717, 1.165) is 25.9 Å². The van der Waals surface area contributed by atoms with Gasteiger partial charge in [-0.1, -0.05) is 27.2 Å². The molecule has 0 saturated heterocycles. The summed E-state index contributed by atoms with van der Waals surface area (Å²) in [5, 5.41) is 6.00. The molecule has 84 valence electrons. The van der Waals surface area contributed by atoms with Crippen LogP contribution in [-0.2, 0) is 4.79 Å². The first-order valence-electron chi connectivity index (χ1n) is 5.64. The molecule has 0 radical (unpaired) electrons. The number of hydrogen-bond donors (Lipinski definition) is 2. The normalized spacial score (nSPS) is 10.6. The molecule has 0 heterocycles. The van der Waals surface area contributed by atoms with Gasteiger partial charge in [0.1, 0.15) is 0 Å². The summed E-state index contributed by atoms with van der Waals surface area (Å²) in [6.07, 6.45) is 3.36. The molecule has 0 rings (SSSR count). The fourth-order valence-electron chi connectivity index (χ4n) is 1.07. The summed E-state index contributed by atoms with van der Waals surface area (Å²) < 4.78 is 0. The fourth-order valence-corrected chi connectivity index (χ4v) is 1.07. The number of hydrogen-bond acceptors (Lipinski definition) is 2. The van der Waals surface area contributed by atoms with Crippen LogP contribution in [0.15, 0.2) is 0 Å². The minimum atomic E-state index is 0.113. The van der Waals surface area contributed by atoms with Crippen molar-refractivity contribution in [3.05, 3.63) is 0 Å². The van der Waals surface area contributed by atoms with Gasteiger partial charge in [0.05, 0.1) is 6.54 Å². The average Bonchev–Trinajstić information content (AvgIpc) is 2.12. The molecule has 14 heavy (non-hydrogen) atoms. The molecular formula is C11H24N2O. The SMILES string of the molecule is CCCCNCC(=O)NCCC(C)C. The van der Waals surface area contributed by atoms with Gasteiger partial charge in [-0.05, 0) is 25.3 Å². The highest BCUT2D eigenvalue weighted by atomic mass is 16.1. The molecule has 0 aliphatic heterocycles. The molecular weight excluding hydrogens is 176 g/mol. The number of nitrogens with one attached hydrogen (secondary N) is 2. The lowest BCUT2D eigenvalue weighted by molar-refractivity contribution is -0.120. The third-order valence-corrected chi connectivity index (χ3v) is 2.04. The minimum Gasteiger partial charge on any atom is -0.355 e. The maximum absolute atomic E-state index is 11.2. The van der Waals surface area contributed by atoms with E-state index < -0.39 is 0 Å². The number of amides is 1. The van der Waals surface area contributed by atoms with E-state index in [9.17, 15) is 4.79 Å². The van der Waals surface area contributed by atoms with Crippen LogP contribution in [0.1, 0.15) is 40.0 Å². The Morgan fingerprint density at radius 3 is 2.57 bits per heavy atom. The first kappa shape index (κ1) is 13.4. The Balaban J connectivity index is 3.20. The monoisotopic (exact) mass is 200 g/mol. The lowest BCUT2D eigenvalue weighted by Crippen LogP contribution is -2.35. The molecule has 0 aromatic rings. The highest BCUT2D eigenvalue weighted by Gasteiger charge is 1.99. The van der Waals surface area contributed by atoms with E-state index in [1.54, 1.807) is 0 Å². The highest BCUT2D eigenvalue weighted by molar-refractivity contribution is 5.77. The third-order valence-electron chi connectivity index (χ3n) is 2.04. The van der Waals surface area contributed by atoms with Crippen molar-refractivity contribution in [3.63, 3.8) is 0 Å². The predicted molar refractivity (Wildman–Crippen MR) is 60.2 cm³/mol. The van der Waals surface area contributed by atoms with E-state index in [2.05, 4.69) is 31.4 Å². The van der Waals surface area contributed by atoms with Crippen LogP contribution in [-0.4, -0.2) is 25.5 Å². The van der Waals surface area contributed by atoms with Crippen molar-refractivity contribution in [3.8, 4) is 0 Å². The second-order valence-corrected chi connectivity index (χ2v) is 4.06. The molecule has 0 unspecified atom stereocenters. The Kier molecular flexibility index (Phi) is 8.64. The Labute approximate surface area is 87.6 Å². The summed E-state index contributed by atoms with van der Waals surface area (Å²) in [6, 6.07) is 0. The van der Waals surface area contributed by atoms with Gasteiger partial charge in [0.25, 0.3) is 0 Å². The summed E-state index contributed by atoms with van der Waals surface area (Å²) in [6.45, 7) is 8.65. The van der Waals surface area contributed by atoms with Gasteiger partial charge in [0.15, 0.2) is 0 Å². The van der Waals surface area contributed by atoms with Crippen molar-refractivity contribution in [1.29, 1.82) is 0 Å². The van der Waals surface area contributed by atoms with Crippen LogP contribution in [0.3, 0.4) is 0 Å². The lowest BCUT2D eigenvalue weighted by Gasteiger charge is -2.07. The van der Waals surface area contributed by atoms with Crippen molar-refractivity contribution >= 4 is 5.91 Å². The molecule has 0 fully saturated rings. The fraction of sp³-hybridized carbons (Fsp3) is 0.909. The Morgan fingerprint density at radius 2 is 2.00 bits per heavy atom. The first-order valence-corrected chi connectivity index (χ1v) is 5.64. The minimum absolute atomic E-state index is 0.113. The molecule has 0 aliphatic rings. The molecule has 2 N–H and O–H groups in total. The predicted octanol–water partition coefficient (Wildman–Crippen LogP) is 1.54. The third kappa shape index (κ3) is 9.52. The van der Waals surface area contributed by atoms with Crippen LogP contribution in [0.4, 0.5) is 0 Å². The topological polar surface area (TPSA) is 41.1 Å². The summed E-state index contributed by atoms with van der Waals surface area (Å²) >= 11 is 0. The Morgan fingerprint density at radius 1 is 1.29 bits per heavy atom. The van der Waals surface area contributed by atoms with Crippen molar-refractivity contribution < 1.29 is 4.79 Å². The van der Waals surface area contributed by atoms with Gasteiger partial charge in [0.2, 0.25) is 5.91 Å². The van der Waals surface area contributed by atoms with Crippen LogP contribution >= 0.6 is 0 Å². The Bertz CT molecular complexity index is 146. The van der Waals surface area contributed by atoms with Crippen LogP contribution < -0.4 is 10.6 Å². The standard InChI is InChI=1S/C11H24N2O/c1-4-5-7-12-9-11(14)13-8-6-10(2)3/h10,12H,4-9H2,1-3H3,(H,13,14). The number of carbonyl (C=O) groups is 1. The number of unbranched alkanes of at least 4 members (excludes halogenated alkanes) is 1. The second-order valence-electron chi connectivity index (χ2n) is 4.06. The van der Waals surface area contributed by atoms with Crippen LogP contribution in [0.25, 0.3) is 0 Å². The molecule has 3 nitrogen and oxygen atoms in total. The van der Waals surface area contributed by atoms with Crippen molar-refractivity contribution in [1.82, 2.24) is 10.6 Å². The molecule has 0 saturated carbocycles. The van der Waals surface area contributed by atoms with Crippen LogP contribution in [0.2, 0.25) is 0 Å². The molecule has 0 aromatic carbocycles. The quantitative estimate of drug-likeness (QED) is 0.584. The van der Waals surface area contributed by atoms with Gasteiger partial charge in [0, 0.05) is 6.54 Å². The van der Waals surface area contributed by atoms with Crippen LogP contribution in [0, 0.1) is 5.92 Å². The molecule has 1 amide bonds. The number of carbonyl (C=O) groups excluding carboxylic acids is 1. The largest absolute Gasteiger partial charge is 0.355 e. The average molecular weight is 200 g/mol. The van der Waals surface area contributed by atoms with E-state index in [-0.39, 0.29) is 5.91 Å². The van der Waals surface area contributed by atoms with Gasteiger partial charge in [-0.3, -0.25) is 4.79 Å². The molecule has 0 spiro atoms. The van der Waals surface area contributed by atoms with Gasteiger partial charge < -0.3 is 10.6 Å². The summed E-state index contributed by atoms with van der Waals surface area (Å²) in [5.74, 6) is 0.769. The zero-order chi connectivity index (χ0) is 10.8. The highest BCUT2D eigenvalue weighted by Crippen LogP contribution is 1.95. The van der Waals surface area contributed by atoms with Crippen LogP contribution in [0.5, 0.6) is 0 Å². The van der Waals surface area contributed by atoms with Gasteiger partial charge in [-0.25, -0.2) is 0 Å². The smallest absolute Gasteiger partial charge is 0.233 e. The summed E-state index contributed by atoms with van der Waals surface area (Å²) in [4.78, 5) is 11.2. The molecule has 0 atom stereocenters. The van der Waals surface area contributed by atoms with Gasteiger partial charge in [-0.2, -0.15) is 0 Å². The maximum atomic E-state index is 11.2. The van der Waals surface area contributed by atoms with E-state index in [1.807, 2.05) is 0 Å². The molecule has 3 heteroatoms. The van der Waals surface area contributed by atoms with Crippen molar-refractivity contribution in [2.45, 2.75) is 40.0 Å². The molecule has 0 aliphatic carbocycles. The maximum Gasteiger partial charge on any atom is 0.233 e. The van der Waals surface area contributed by atoms with E-state index in [1.165, 1.54) is 6.42 Å². The van der Waals surface area contributed by atoms with Crippen molar-refractivity contribution in [2.75, 3.05) is 19.6 Å². The summed E-state index contributed by atoms with van der Waals surface area (Å²) in [5.41, 5.74) is 0. The van der Waals surface area contributed by atoms with E-state index in [0.29, 0.717) is 12.5 Å². The lowest BCUT2D eigenvalue weighted by atomic mass is 10.1.